The molecule has 0 atom stereocenters. The molecule has 108 valence electrons. The molecule has 0 aliphatic carbocycles. The molecule has 0 amide bonds. The van der Waals surface area contributed by atoms with Crippen molar-refractivity contribution >= 4 is 11.8 Å². The molecule has 2 aromatic rings. The number of halogens is 1. The molecule has 2 aromatic carbocycles. The van der Waals surface area contributed by atoms with Crippen LogP contribution in [-0.2, 0) is 5.75 Å². The van der Waals surface area contributed by atoms with Crippen molar-refractivity contribution in [3.63, 3.8) is 0 Å². The summed E-state index contributed by atoms with van der Waals surface area (Å²) in [5, 5.41) is 8.69. The lowest BCUT2D eigenvalue weighted by atomic mass is 10.1. The Balaban J connectivity index is 2.14. The van der Waals surface area contributed by atoms with Gasteiger partial charge in [-0.2, -0.15) is 0 Å². The number of thioether (sulfide) groups is 1. The first-order valence-corrected chi connectivity index (χ1v) is 7.36. The molecule has 0 aromatic heterocycles. The summed E-state index contributed by atoms with van der Waals surface area (Å²) < 4.78 is 18.9. The van der Waals surface area contributed by atoms with E-state index in [-0.39, 0.29) is 12.4 Å². The van der Waals surface area contributed by atoms with Crippen LogP contribution in [0.4, 0.5) is 4.39 Å². The van der Waals surface area contributed by atoms with Gasteiger partial charge in [0.05, 0.1) is 7.11 Å². The number of rotatable bonds is 4. The average molecular weight is 302 g/mol. The molecule has 0 radical (unpaired) electrons. The van der Waals surface area contributed by atoms with Crippen LogP contribution >= 0.6 is 11.8 Å². The minimum Gasteiger partial charge on any atom is -0.496 e. The lowest BCUT2D eigenvalue weighted by molar-refractivity contribution is 0.350. The molecule has 21 heavy (non-hydrogen) atoms. The maximum Gasteiger partial charge on any atom is 0.132 e. The Morgan fingerprint density at radius 1 is 1.24 bits per heavy atom. The second-order valence-electron chi connectivity index (χ2n) is 4.25. The van der Waals surface area contributed by atoms with Crippen molar-refractivity contribution in [3.05, 3.63) is 59.4 Å². The number of aliphatic hydroxyl groups is 1. The van der Waals surface area contributed by atoms with Crippen LogP contribution in [-0.4, -0.2) is 18.8 Å². The van der Waals surface area contributed by atoms with Gasteiger partial charge in [0.25, 0.3) is 0 Å². The van der Waals surface area contributed by atoms with Crippen molar-refractivity contribution in [1.82, 2.24) is 0 Å². The predicted molar refractivity (Wildman–Crippen MR) is 82.9 cm³/mol. The highest BCUT2D eigenvalue weighted by Gasteiger charge is 2.05. The van der Waals surface area contributed by atoms with E-state index in [4.69, 9.17) is 9.84 Å². The average Bonchev–Trinajstić information content (AvgIpc) is 2.50. The highest BCUT2D eigenvalue weighted by molar-refractivity contribution is 7.98. The van der Waals surface area contributed by atoms with Gasteiger partial charge in [-0.15, -0.1) is 11.8 Å². The van der Waals surface area contributed by atoms with Crippen LogP contribution < -0.4 is 4.74 Å². The molecule has 0 fully saturated rings. The van der Waals surface area contributed by atoms with Crippen LogP contribution in [0.3, 0.4) is 0 Å². The molecule has 2 rings (SSSR count). The fourth-order valence-electron chi connectivity index (χ4n) is 1.85. The second-order valence-corrected chi connectivity index (χ2v) is 5.26. The minimum absolute atomic E-state index is 0.234. The quantitative estimate of drug-likeness (QED) is 0.693. The number of benzene rings is 2. The molecule has 4 heteroatoms. The molecule has 2 nitrogen and oxygen atoms in total. The molecule has 0 saturated carbocycles. The van der Waals surface area contributed by atoms with Gasteiger partial charge in [0, 0.05) is 16.2 Å². The third-order valence-corrected chi connectivity index (χ3v) is 3.86. The van der Waals surface area contributed by atoms with Crippen molar-refractivity contribution in [3.8, 4) is 17.6 Å². The summed E-state index contributed by atoms with van der Waals surface area (Å²) >= 11 is 1.58. The Bertz CT molecular complexity index is 674. The van der Waals surface area contributed by atoms with Crippen molar-refractivity contribution in [2.24, 2.45) is 0 Å². The Hall–Kier alpha value is -1.96. The number of para-hydroxylation sites is 1. The largest absolute Gasteiger partial charge is 0.496 e. The summed E-state index contributed by atoms with van der Waals surface area (Å²) in [7, 11) is 1.63. The van der Waals surface area contributed by atoms with Gasteiger partial charge in [0.15, 0.2) is 0 Å². The molecule has 0 unspecified atom stereocenters. The maximum atomic E-state index is 13.6. The van der Waals surface area contributed by atoms with Crippen LogP contribution in [0.15, 0.2) is 47.4 Å². The summed E-state index contributed by atoms with van der Waals surface area (Å²) in [6.45, 7) is -0.234. The van der Waals surface area contributed by atoms with E-state index < -0.39 is 0 Å². The van der Waals surface area contributed by atoms with Gasteiger partial charge in [-0.05, 0) is 35.9 Å². The summed E-state index contributed by atoms with van der Waals surface area (Å²) in [5.74, 6) is 6.34. The van der Waals surface area contributed by atoms with Crippen molar-refractivity contribution in [2.75, 3.05) is 13.7 Å². The molecular formula is C17H15FO2S. The molecule has 0 heterocycles. The van der Waals surface area contributed by atoms with Crippen molar-refractivity contribution in [1.29, 1.82) is 0 Å². The Labute approximate surface area is 128 Å². The number of ether oxygens (including phenoxy) is 1. The van der Waals surface area contributed by atoms with Gasteiger partial charge in [0.2, 0.25) is 0 Å². The molecule has 0 bridgehead atoms. The number of hydrogen-bond donors (Lipinski definition) is 1. The minimum atomic E-state index is -0.324. The van der Waals surface area contributed by atoms with Gasteiger partial charge < -0.3 is 9.84 Å². The zero-order valence-corrected chi connectivity index (χ0v) is 12.4. The molecule has 0 spiro atoms. The monoisotopic (exact) mass is 302 g/mol. The van der Waals surface area contributed by atoms with Crippen LogP contribution in [0, 0.1) is 17.7 Å². The normalized spacial score (nSPS) is 9.86. The Morgan fingerprint density at radius 3 is 2.81 bits per heavy atom. The van der Waals surface area contributed by atoms with E-state index in [0.717, 1.165) is 16.2 Å². The lowest BCUT2D eigenvalue weighted by Crippen LogP contribution is -1.89. The number of methoxy groups -OCH3 is 1. The van der Waals surface area contributed by atoms with Crippen LogP contribution in [0.1, 0.15) is 11.1 Å². The number of aliphatic hydroxyl groups excluding tert-OH is 1. The SMILES string of the molecule is COc1ccccc1SCc1cc(F)cc(C#CCO)c1. The highest BCUT2D eigenvalue weighted by Crippen LogP contribution is 2.31. The predicted octanol–water partition coefficient (Wildman–Crippen LogP) is 3.47. The van der Waals surface area contributed by atoms with Gasteiger partial charge >= 0.3 is 0 Å². The summed E-state index contributed by atoms with van der Waals surface area (Å²) in [4.78, 5) is 1.01. The smallest absolute Gasteiger partial charge is 0.132 e. The standard InChI is InChI=1S/C17H15FO2S/c1-20-16-6-2-3-7-17(16)21-12-14-9-13(5-4-8-19)10-15(18)11-14/h2-3,6-7,9-11,19H,8,12H2,1H3. The van der Waals surface area contributed by atoms with Gasteiger partial charge in [0.1, 0.15) is 18.2 Å². The summed E-state index contributed by atoms with van der Waals surface area (Å²) in [6.07, 6.45) is 0. The third kappa shape index (κ3) is 4.52. The van der Waals surface area contributed by atoms with Crippen molar-refractivity contribution in [2.45, 2.75) is 10.6 Å². The zero-order chi connectivity index (χ0) is 15.1. The van der Waals surface area contributed by atoms with Crippen molar-refractivity contribution < 1.29 is 14.2 Å². The van der Waals surface area contributed by atoms with Crippen LogP contribution in [0.25, 0.3) is 0 Å². The molecular weight excluding hydrogens is 287 g/mol. The summed E-state index contributed by atoms with van der Waals surface area (Å²) in [5.41, 5.74) is 1.41. The Kier molecular flexibility index (Phi) is 5.68. The fraction of sp³-hybridized carbons (Fsp3) is 0.176. The van der Waals surface area contributed by atoms with E-state index in [1.54, 1.807) is 18.9 Å². The first-order valence-electron chi connectivity index (χ1n) is 6.38. The third-order valence-electron chi connectivity index (χ3n) is 2.73. The first-order chi connectivity index (χ1) is 10.2. The van der Waals surface area contributed by atoms with E-state index in [2.05, 4.69) is 11.8 Å². The zero-order valence-electron chi connectivity index (χ0n) is 11.6. The highest BCUT2D eigenvalue weighted by atomic mass is 32.2. The molecule has 0 aliphatic heterocycles. The van der Waals surface area contributed by atoms with E-state index in [9.17, 15) is 4.39 Å². The van der Waals surface area contributed by atoms with Gasteiger partial charge in [-0.3, -0.25) is 0 Å². The first kappa shape index (κ1) is 15.4. The molecule has 0 saturated heterocycles. The lowest BCUT2D eigenvalue weighted by Gasteiger charge is -2.08. The second kappa shape index (κ2) is 7.72. The van der Waals surface area contributed by atoms with E-state index >= 15 is 0 Å². The maximum absolute atomic E-state index is 13.6. The van der Waals surface area contributed by atoms with Crippen LogP contribution in [0.2, 0.25) is 0 Å². The Morgan fingerprint density at radius 2 is 2.05 bits per heavy atom. The fourth-order valence-corrected chi connectivity index (χ4v) is 2.80. The van der Waals surface area contributed by atoms with E-state index in [0.29, 0.717) is 11.3 Å². The molecule has 0 aliphatic rings. The van der Waals surface area contributed by atoms with Gasteiger partial charge in [-0.1, -0.05) is 24.0 Å². The number of hydrogen-bond acceptors (Lipinski definition) is 3. The van der Waals surface area contributed by atoms with Gasteiger partial charge in [-0.25, -0.2) is 4.39 Å². The van der Waals surface area contributed by atoms with E-state index in [1.165, 1.54) is 12.1 Å². The van der Waals surface area contributed by atoms with E-state index in [1.807, 2.05) is 30.3 Å². The molecule has 1 N–H and O–H groups in total. The summed E-state index contributed by atoms with van der Waals surface area (Å²) in [6, 6.07) is 12.4. The topological polar surface area (TPSA) is 29.5 Å². The van der Waals surface area contributed by atoms with Crippen LogP contribution in [0.5, 0.6) is 5.75 Å².